The summed E-state index contributed by atoms with van der Waals surface area (Å²) in [4.78, 5) is 0. The molecule has 0 spiro atoms. The summed E-state index contributed by atoms with van der Waals surface area (Å²) in [5, 5.41) is 16.3. The van der Waals surface area contributed by atoms with Crippen LogP contribution in [0.1, 0.15) is 17.8 Å². The maximum atomic E-state index is 12.3. The molecule has 0 fully saturated rings. The molecule has 1 heterocycles. The first-order valence-electron chi connectivity index (χ1n) is 5.99. The largest absolute Gasteiger partial charge is 0.504 e. The molecule has 2 aromatic rings. The van der Waals surface area contributed by atoms with E-state index in [1.165, 1.54) is 19.4 Å². The second kappa shape index (κ2) is 7.80. The Balaban J connectivity index is 0.00000220. The van der Waals surface area contributed by atoms with Crippen LogP contribution in [-0.2, 0) is 13.1 Å². The molecule has 5 nitrogen and oxygen atoms in total. The van der Waals surface area contributed by atoms with Crippen LogP contribution in [0.4, 0.5) is 8.78 Å². The van der Waals surface area contributed by atoms with E-state index in [2.05, 4.69) is 10.4 Å². The molecule has 1 aromatic heterocycles. The molecule has 0 unspecified atom stereocenters. The molecular weight excluding hydrogens is 304 g/mol. The SMILES string of the molecule is COc1cc(CNCc2ccn(C(F)F)n2)ccc1O.Cl. The minimum atomic E-state index is -2.62. The summed E-state index contributed by atoms with van der Waals surface area (Å²) >= 11 is 0. The Morgan fingerprint density at radius 1 is 1.33 bits per heavy atom. The fourth-order valence-corrected chi connectivity index (χ4v) is 1.75. The van der Waals surface area contributed by atoms with Crippen molar-refractivity contribution in [3.05, 3.63) is 41.7 Å². The zero-order valence-electron chi connectivity index (χ0n) is 11.3. The average Bonchev–Trinajstić information content (AvgIpc) is 2.89. The monoisotopic (exact) mass is 319 g/mol. The molecule has 0 bridgehead atoms. The zero-order chi connectivity index (χ0) is 14.5. The first kappa shape index (κ1) is 17.2. The zero-order valence-corrected chi connectivity index (χ0v) is 12.1. The number of halogens is 3. The van der Waals surface area contributed by atoms with Gasteiger partial charge < -0.3 is 15.2 Å². The van der Waals surface area contributed by atoms with Crippen LogP contribution in [-0.4, -0.2) is 22.0 Å². The Kier molecular flexibility index (Phi) is 6.39. The normalized spacial score (nSPS) is 10.5. The predicted molar refractivity (Wildman–Crippen MR) is 75.9 cm³/mol. The van der Waals surface area contributed by atoms with Gasteiger partial charge in [-0.15, -0.1) is 12.4 Å². The average molecular weight is 320 g/mol. The number of methoxy groups -OCH3 is 1. The van der Waals surface area contributed by atoms with E-state index in [1.54, 1.807) is 18.2 Å². The van der Waals surface area contributed by atoms with Crippen LogP contribution in [0.2, 0.25) is 0 Å². The second-order valence-corrected chi connectivity index (χ2v) is 4.17. The molecule has 1 aromatic carbocycles. The number of aromatic nitrogens is 2. The molecule has 0 amide bonds. The van der Waals surface area contributed by atoms with Crippen LogP contribution < -0.4 is 10.1 Å². The van der Waals surface area contributed by atoms with Gasteiger partial charge in [0, 0.05) is 19.3 Å². The highest BCUT2D eigenvalue weighted by Crippen LogP contribution is 2.26. The van der Waals surface area contributed by atoms with Gasteiger partial charge in [-0.3, -0.25) is 0 Å². The van der Waals surface area contributed by atoms with Crippen molar-refractivity contribution >= 4 is 12.4 Å². The number of hydrogen-bond donors (Lipinski definition) is 2. The lowest BCUT2D eigenvalue weighted by molar-refractivity contribution is 0.0561. The number of phenols is 1. The summed E-state index contributed by atoms with van der Waals surface area (Å²) in [5.41, 5.74) is 1.45. The third kappa shape index (κ3) is 4.57. The Hall–Kier alpha value is -1.86. The third-order valence-corrected chi connectivity index (χ3v) is 2.74. The van der Waals surface area contributed by atoms with Gasteiger partial charge in [0.1, 0.15) is 0 Å². The maximum Gasteiger partial charge on any atom is 0.333 e. The first-order chi connectivity index (χ1) is 9.60. The number of aromatic hydroxyl groups is 1. The molecule has 0 aliphatic carbocycles. The van der Waals surface area contributed by atoms with Crippen LogP contribution >= 0.6 is 12.4 Å². The van der Waals surface area contributed by atoms with Crippen LogP contribution in [0.25, 0.3) is 0 Å². The van der Waals surface area contributed by atoms with Crippen molar-refractivity contribution in [1.29, 1.82) is 0 Å². The highest BCUT2D eigenvalue weighted by molar-refractivity contribution is 5.85. The van der Waals surface area contributed by atoms with Crippen molar-refractivity contribution in [3.8, 4) is 11.5 Å². The number of hydrogen-bond acceptors (Lipinski definition) is 4. The molecule has 0 radical (unpaired) electrons. The smallest absolute Gasteiger partial charge is 0.333 e. The van der Waals surface area contributed by atoms with Gasteiger partial charge in [-0.1, -0.05) is 6.07 Å². The lowest BCUT2D eigenvalue weighted by atomic mass is 10.2. The van der Waals surface area contributed by atoms with E-state index >= 15 is 0 Å². The Labute approximate surface area is 126 Å². The lowest BCUT2D eigenvalue weighted by Gasteiger charge is -2.07. The summed E-state index contributed by atoms with van der Waals surface area (Å²) in [6, 6.07) is 6.54. The van der Waals surface area contributed by atoms with E-state index in [4.69, 9.17) is 4.74 Å². The second-order valence-electron chi connectivity index (χ2n) is 4.17. The van der Waals surface area contributed by atoms with E-state index < -0.39 is 6.55 Å². The van der Waals surface area contributed by atoms with E-state index in [0.717, 1.165) is 5.56 Å². The number of nitrogens with one attached hydrogen (secondary N) is 1. The topological polar surface area (TPSA) is 59.3 Å². The molecule has 0 aliphatic rings. The van der Waals surface area contributed by atoms with Crippen LogP contribution in [0, 0.1) is 0 Å². The van der Waals surface area contributed by atoms with Gasteiger partial charge in [-0.25, -0.2) is 4.68 Å². The number of alkyl halides is 2. The summed E-state index contributed by atoms with van der Waals surface area (Å²) in [5.74, 6) is 0.471. The van der Waals surface area contributed by atoms with Crippen molar-refractivity contribution in [2.24, 2.45) is 0 Å². The van der Waals surface area contributed by atoms with E-state index in [0.29, 0.717) is 29.2 Å². The van der Waals surface area contributed by atoms with Crippen LogP contribution in [0.15, 0.2) is 30.5 Å². The number of rotatable bonds is 6. The van der Waals surface area contributed by atoms with Gasteiger partial charge in [-0.2, -0.15) is 13.9 Å². The highest BCUT2D eigenvalue weighted by atomic mass is 35.5. The molecule has 8 heteroatoms. The first-order valence-corrected chi connectivity index (χ1v) is 5.99. The molecule has 0 atom stereocenters. The fraction of sp³-hybridized carbons (Fsp3) is 0.308. The quantitative estimate of drug-likeness (QED) is 0.859. The van der Waals surface area contributed by atoms with Crippen molar-refractivity contribution in [1.82, 2.24) is 15.1 Å². The number of nitrogens with zero attached hydrogens (tertiary/aromatic N) is 2. The van der Waals surface area contributed by atoms with Crippen molar-refractivity contribution in [2.75, 3.05) is 7.11 Å². The maximum absolute atomic E-state index is 12.3. The van der Waals surface area contributed by atoms with Gasteiger partial charge in [0.2, 0.25) is 0 Å². The standard InChI is InChI=1S/C13H15F2N3O2.ClH/c1-20-12-6-9(2-3-11(12)19)7-16-8-10-4-5-18(17-10)13(14)15;/h2-6,13,16,19H,7-8H2,1H3;1H. The number of ether oxygens (including phenoxy) is 1. The fourth-order valence-electron chi connectivity index (χ4n) is 1.75. The van der Waals surface area contributed by atoms with Gasteiger partial charge in [0.25, 0.3) is 0 Å². The van der Waals surface area contributed by atoms with Crippen molar-refractivity contribution < 1.29 is 18.6 Å². The highest BCUT2D eigenvalue weighted by Gasteiger charge is 2.07. The Bertz CT molecular complexity index is 578. The summed E-state index contributed by atoms with van der Waals surface area (Å²) < 4.78 is 30.3. The lowest BCUT2D eigenvalue weighted by Crippen LogP contribution is -2.13. The minimum Gasteiger partial charge on any atom is -0.504 e. The van der Waals surface area contributed by atoms with Crippen molar-refractivity contribution in [3.63, 3.8) is 0 Å². The van der Waals surface area contributed by atoms with Gasteiger partial charge in [0.05, 0.1) is 12.8 Å². The summed E-state index contributed by atoms with van der Waals surface area (Å²) in [6.45, 7) is -1.73. The minimum absolute atomic E-state index is 0. The van der Waals surface area contributed by atoms with Gasteiger partial charge in [-0.05, 0) is 23.8 Å². The molecule has 0 aliphatic heterocycles. The molecule has 0 saturated carbocycles. The third-order valence-electron chi connectivity index (χ3n) is 2.74. The van der Waals surface area contributed by atoms with Gasteiger partial charge in [0.15, 0.2) is 11.5 Å². The molecule has 2 rings (SSSR count). The van der Waals surface area contributed by atoms with E-state index in [9.17, 15) is 13.9 Å². The molecule has 116 valence electrons. The summed E-state index contributed by atoms with van der Waals surface area (Å²) in [7, 11) is 1.48. The summed E-state index contributed by atoms with van der Waals surface area (Å²) in [6.07, 6.45) is 1.24. The predicted octanol–water partition coefficient (Wildman–Crippen LogP) is 2.70. The van der Waals surface area contributed by atoms with Crippen LogP contribution in [0.5, 0.6) is 11.5 Å². The Morgan fingerprint density at radius 3 is 2.71 bits per heavy atom. The molecular formula is C13H16ClF2N3O2. The van der Waals surface area contributed by atoms with Crippen molar-refractivity contribution in [2.45, 2.75) is 19.6 Å². The molecule has 0 saturated heterocycles. The number of benzene rings is 1. The number of phenolic OH excluding ortho intramolecular Hbond substituents is 1. The molecule has 2 N–H and O–H groups in total. The van der Waals surface area contributed by atoms with E-state index in [1.807, 2.05) is 0 Å². The Morgan fingerprint density at radius 2 is 2.10 bits per heavy atom. The molecule has 21 heavy (non-hydrogen) atoms. The van der Waals surface area contributed by atoms with Gasteiger partial charge >= 0.3 is 6.55 Å². The van der Waals surface area contributed by atoms with Crippen LogP contribution in [0.3, 0.4) is 0 Å². The van der Waals surface area contributed by atoms with E-state index in [-0.39, 0.29) is 18.2 Å².